The van der Waals surface area contributed by atoms with Crippen molar-refractivity contribution >= 4 is 0 Å². The second-order valence-electron chi connectivity index (χ2n) is 30.4. The maximum absolute atomic E-state index is 2.45. The van der Waals surface area contributed by atoms with Crippen LogP contribution in [-0.2, 0) is 47.3 Å². The highest BCUT2D eigenvalue weighted by Gasteiger charge is 2.56. The standard InChI is InChI=1S/4C27H20.8C2H6/c1-2-18-10-9-14-22-21-13-5-8-17-25(21)27(26(18)22)23-15-6-3-11-19(23)20-12-4-7-16-24(20)27;1-2-18-10-9-17-25-26(18)21-13-5-8-16-24(21)27(25)22-14-6-3-11-19(22)20-12-4-7-15-23(20)27;1-2-18-15-16-26-22(17-18)21-11-5-8-14-25(21)27(26)23-12-6-3-9-19(23)20-10-4-7-13-24(20)27;1-2-18-15-16-22-21-11-5-8-14-25(21)27(26(22)17-18)23-12-6-3-9-19(23)20-10-4-7-13-24(20)27;8*1-2/h4*3-17H,2H2,1H3;8*1-2H3. The summed E-state index contributed by atoms with van der Waals surface area (Å²) in [6.45, 7) is 41.0. The van der Waals surface area contributed by atoms with Gasteiger partial charge in [-0.3, -0.25) is 0 Å². The van der Waals surface area contributed by atoms with Crippen LogP contribution in [0.3, 0.4) is 0 Å². The highest BCUT2D eigenvalue weighted by molar-refractivity contribution is 6.00. The number of benzene rings is 16. The smallest absolute Gasteiger partial charge is 0.0683 e. The van der Waals surface area contributed by atoms with Gasteiger partial charge in [0.2, 0.25) is 0 Å². The van der Waals surface area contributed by atoms with Crippen LogP contribution < -0.4 is 0 Å². The third-order valence-corrected chi connectivity index (χ3v) is 25.9. The first-order valence-electron chi connectivity index (χ1n) is 47.1. The van der Waals surface area contributed by atoms with Crippen LogP contribution in [0, 0.1) is 0 Å². The van der Waals surface area contributed by atoms with Crippen molar-refractivity contribution in [2.45, 2.75) is 186 Å². The molecule has 0 nitrogen and oxygen atoms in total. The molecule has 0 heterocycles. The van der Waals surface area contributed by atoms with Gasteiger partial charge >= 0.3 is 0 Å². The lowest BCUT2D eigenvalue weighted by atomic mass is 9.69. The first-order chi connectivity index (χ1) is 61.4. The van der Waals surface area contributed by atoms with E-state index in [9.17, 15) is 0 Å². The highest BCUT2D eigenvalue weighted by atomic mass is 14.6. The van der Waals surface area contributed by atoms with Gasteiger partial charge in [-0.1, -0.05) is 502 Å². The Bertz CT molecular complexity index is 6070. The summed E-state index contributed by atoms with van der Waals surface area (Å²) in [5, 5.41) is 0. The summed E-state index contributed by atoms with van der Waals surface area (Å²) in [6.07, 6.45) is 4.22. The molecule has 8 aliphatic carbocycles. The Balaban J connectivity index is 0.000000135. The first-order valence-corrected chi connectivity index (χ1v) is 47.1. The molecule has 0 unspecified atom stereocenters. The van der Waals surface area contributed by atoms with E-state index in [1.165, 1.54) is 200 Å². The molecule has 0 saturated carbocycles. The van der Waals surface area contributed by atoms with E-state index in [1.807, 2.05) is 111 Å². The van der Waals surface area contributed by atoms with Crippen LogP contribution in [0.4, 0.5) is 0 Å². The molecule has 0 saturated heterocycles. The fraction of sp³-hybridized carbons (Fsp3) is 0.226. The molecule has 124 heavy (non-hydrogen) atoms. The van der Waals surface area contributed by atoms with Gasteiger partial charge in [0.25, 0.3) is 0 Å². The molecule has 24 rings (SSSR count). The second-order valence-corrected chi connectivity index (χ2v) is 30.4. The summed E-state index contributed by atoms with van der Waals surface area (Å²) in [7, 11) is 0. The number of hydrogen-bond donors (Lipinski definition) is 0. The second kappa shape index (κ2) is 39.4. The molecule has 4 spiro atoms. The van der Waals surface area contributed by atoms with Crippen molar-refractivity contribution < 1.29 is 0 Å². The Kier molecular flexibility index (Phi) is 28.3. The Hall–Kier alpha value is -12.5. The van der Waals surface area contributed by atoms with E-state index in [2.05, 4.69) is 392 Å². The van der Waals surface area contributed by atoms with Gasteiger partial charge in [-0.25, -0.2) is 0 Å². The molecule has 16 aromatic carbocycles. The maximum atomic E-state index is 2.45. The largest absolute Gasteiger partial charge is 0.0728 e. The van der Waals surface area contributed by atoms with Gasteiger partial charge in [-0.05, 0) is 226 Å². The maximum Gasteiger partial charge on any atom is 0.0728 e. The van der Waals surface area contributed by atoms with Gasteiger partial charge in [-0.2, -0.15) is 0 Å². The van der Waals surface area contributed by atoms with E-state index < -0.39 is 0 Å². The van der Waals surface area contributed by atoms with Crippen LogP contribution in [0.15, 0.2) is 364 Å². The lowest BCUT2D eigenvalue weighted by Crippen LogP contribution is -2.27. The van der Waals surface area contributed by atoms with Gasteiger partial charge in [0.1, 0.15) is 0 Å². The predicted octanol–water partition coefficient (Wildman–Crippen LogP) is 34.6. The fourth-order valence-electron chi connectivity index (χ4n) is 21.8. The minimum atomic E-state index is -0.190. The Morgan fingerprint density at radius 3 is 0.677 bits per heavy atom. The van der Waals surface area contributed by atoms with Crippen LogP contribution in [-0.4, -0.2) is 0 Å². The SMILES string of the molecule is CC.CC.CC.CC.CC.CC.CC.CC.CCc1ccc2c(c1)-c1ccccc1C21c2ccccc2-c2ccccc21.CCc1ccc2c(c1)C1(c3ccccc3-c3ccccc31)c1ccccc1-2.CCc1cccc2c1-c1ccccc1C21c2ccccc2-c2ccccc21.CCc1cccc2c1C1(c3ccccc3-c3ccccc31)c1ccccc1-2. The van der Waals surface area contributed by atoms with Crippen molar-refractivity contribution in [2.75, 3.05) is 0 Å². The zero-order chi connectivity index (χ0) is 88.0. The molecule has 8 aliphatic rings. The summed E-state index contributed by atoms with van der Waals surface area (Å²) in [5.74, 6) is 0. The van der Waals surface area contributed by atoms with Crippen LogP contribution in [0.2, 0.25) is 0 Å². The molecule has 0 bridgehead atoms. The molecular formula is C124H128. The zero-order valence-electron chi connectivity index (χ0n) is 77.5. The van der Waals surface area contributed by atoms with Gasteiger partial charge in [-0.15, -0.1) is 0 Å². The third-order valence-electron chi connectivity index (χ3n) is 25.9. The molecule has 0 amide bonds. The van der Waals surface area contributed by atoms with Crippen molar-refractivity contribution in [3.05, 3.63) is 475 Å². The van der Waals surface area contributed by atoms with Crippen LogP contribution in [0.1, 0.15) is 250 Å². The molecule has 0 N–H and O–H groups in total. The predicted molar refractivity (Wildman–Crippen MR) is 539 cm³/mol. The van der Waals surface area contributed by atoms with Crippen LogP contribution >= 0.6 is 0 Å². The molecular weight excluding hydrogens is 1490 g/mol. The van der Waals surface area contributed by atoms with E-state index in [1.54, 1.807) is 0 Å². The Labute approximate surface area is 745 Å². The first kappa shape index (κ1) is 89.3. The van der Waals surface area contributed by atoms with E-state index in [-0.39, 0.29) is 21.7 Å². The van der Waals surface area contributed by atoms with Gasteiger partial charge in [0, 0.05) is 0 Å². The lowest BCUT2D eigenvalue weighted by molar-refractivity contribution is 0.779. The Morgan fingerprint density at radius 1 is 0.145 bits per heavy atom. The summed E-state index contributed by atoms with van der Waals surface area (Å²) >= 11 is 0. The van der Waals surface area contributed by atoms with E-state index >= 15 is 0 Å². The summed E-state index contributed by atoms with van der Waals surface area (Å²) in [5.41, 5.74) is 50.0. The molecule has 0 radical (unpaired) electrons. The molecule has 0 aromatic heterocycles. The fourth-order valence-corrected chi connectivity index (χ4v) is 21.8. The highest BCUT2D eigenvalue weighted by Crippen LogP contribution is 2.68. The number of fused-ring (bicyclic) bond motifs is 40. The molecule has 0 aliphatic heterocycles. The average Bonchev–Trinajstić information content (AvgIpc) is 1.53. The monoisotopic (exact) mass is 1620 g/mol. The van der Waals surface area contributed by atoms with Crippen LogP contribution in [0.25, 0.3) is 89.0 Å². The molecule has 0 heteroatoms. The minimum absolute atomic E-state index is 0.189. The summed E-state index contributed by atoms with van der Waals surface area (Å²) < 4.78 is 0. The quantitative estimate of drug-likeness (QED) is 0.165. The van der Waals surface area contributed by atoms with Crippen LogP contribution in [0.5, 0.6) is 0 Å². The summed E-state index contributed by atoms with van der Waals surface area (Å²) in [4.78, 5) is 0. The van der Waals surface area contributed by atoms with E-state index in [0.717, 1.165) is 25.7 Å². The Morgan fingerprint density at radius 2 is 0.355 bits per heavy atom. The normalized spacial score (nSPS) is 13.1. The molecule has 0 fully saturated rings. The number of hydrogen-bond acceptors (Lipinski definition) is 0. The zero-order valence-corrected chi connectivity index (χ0v) is 77.5. The third kappa shape index (κ3) is 13.5. The van der Waals surface area contributed by atoms with Gasteiger partial charge in [0.05, 0.1) is 21.7 Å². The van der Waals surface area contributed by atoms with Crippen molar-refractivity contribution in [1.82, 2.24) is 0 Å². The van der Waals surface area contributed by atoms with Gasteiger partial charge in [0.15, 0.2) is 0 Å². The van der Waals surface area contributed by atoms with E-state index in [4.69, 9.17) is 0 Å². The molecule has 0 atom stereocenters. The number of aryl methyl sites for hydroxylation is 4. The topological polar surface area (TPSA) is 0 Å². The number of rotatable bonds is 4. The van der Waals surface area contributed by atoms with Gasteiger partial charge < -0.3 is 0 Å². The van der Waals surface area contributed by atoms with Crippen molar-refractivity contribution in [1.29, 1.82) is 0 Å². The minimum Gasteiger partial charge on any atom is -0.0683 e. The lowest BCUT2D eigenvalue weighted by Gasteiger charge is -2.32. The van der Waals surface area contributed by atoms with Crippen molar-refractivity contribution in [3.8, 4) is 89.0 Å². The average molecular weight is 1620 g/mol. The van der Waals surface area contributed by atoms with E-state index in [0.29, 0.717) is 0 Å². The summed E-state index contributed by atoms with van der Waals surface area (Å²) in [6, 6.07) is 136. The molecule has 624 valence electrons. The van der Waals surface area contributed by atoms with Crippen molar-refractivity contribution in [2.24, 2.45) is 0 Å². The molecule has 16 aromatic rings. The van der Waals surface area contributed by atoms with Crippen molar-refractivity contribution in [3.63, 3.8) is 0 Å².